The summed E-state index contributed by atoms with van der Waals surface area (Å²) in [4.78, 5) is 13.8. The maximum Gasteiger partial charge on any atom is 0.410 e. The van der Waals surface area contributed by atoms with Crippen molar-refractivity contribution in [2.45, 2.75) is 31.9 Å². The fourth-order valence-electron chi connectivity index (χ4n) is 3.29. The highest BCUT2D eigenvalue weighted by atomic mass is 16.6. The second-order valence-corrected chi connectivity index (χ2v) is 5.88. The minimum absolute atomic E-state index is 0.193. The second kappa shape index (κ2) is 4.85. The van der Waals surface area contributed by atoms with Gasteiger partial charge < -0.3 is 15.4 Å². The van der Waals surface area contributed by atoms with Crippen molar-refractivity contribution in [3.05, 3.63) is 35.9 Å². The Bertz CT molecular complexity index is 454. The van der Waals surface area contributed by atoms with Crippen molar-refractivity contribution < 1.29 is 9.53 Å². The zero-order valence-corrected chi connectivity index (χ0v) is 11.0. The summed E-state index contributed by atoms with van der Waals surface area (Å²) in [6, 6.07) is 10.1. The number of ether oxygens (including phenoxy) is 1. The first-order valence-electron chi connectivity index (χ1n) is 6.88. The van der Waals surface area contributed by atoms with Gasteiger partial charge in [0.2, 0.25) is 0 Å². The van der Waals surface area contributed by atoms with Crippen LogP contribution in [0, 0.1) is 5.41 Å². The molecule has 2 aliphatic rings. The average molecular weight is 260 g/mol. The monoisotopic (exact) mass is 260 g/mol. The summed E-state index contributed by atoms with van der Waals surface area (Å²) in [5, 5.41) is 0. The molecular weight excluding hydrogens is 240 g/mol. The third-order valence-corrected chi connectivity index (χ3v) is 4.29. The SMILES string of the molecule is NC1CC2(CCN(C(=O)OCc3ccccc3)C2)C1. The molecule has 0 bridgehead atoms. The molecule has 0 atom stereocenters. The summed E-state index contributed by atoms with van der Waals surface area (Å²) in [5.41, 5.74) is 7.17. The zero-order valence-electron chi connectivity index (χ0n) is 11.0. The highest BCUT2D eigenvalue weighted by Gasteiger charge is 2.48. The lowest BCUT2D eigenvalue weighted by molar-refractivity contribution is 0.0816. The molecule has 1 aromatic rings. The molecule has 1 saturated carbocycles. The molecule has 102 valence electrons. The molecule has 1 saturated heterocycles. The van der Waals surface area contributed by atoms with E-state index in [4.69, 9.17) is 10.5 Å². The number of nitrogens with zero attached hydrogens (tertiary/aromatic N) is 1. The van der Waals surface area contributed by atoms with Gasteiger partial charge in [-0.1, -0.05) is 30.3 Å². The minimum atomic E-state index is -0.193. The van der Waals surface area contributed by atoms with Crippen molar-refractivity contribution in [1.29, 1.82) is 0 Å². The van der Waals surface area contributed by atoms with E-state index in [2.05, 4.69) is 0 Å². The Hall–Kier alpha value is -1.55. The van der Waals surface area contributed by atoms with E-state index in [0.717, 1.165) is 37.9 Å². The van der Waals surface area contributed by atoms with E-state index < -0.39 is 0 Å². The first kappa shape index (κ1) is 12.5. The second-order valence-electron chi connectivity index (χ2n) is 5.88. The van der Waals surface area contributed by atoms with E-state index in [1.165, 1.54) is 0 Å². The molecule has 19 heavy (non-hydrogen) atoms. The molecule has 4 heteroatoms. The Morgan fingerprint density at radius 2 is 2.11 bits per heavy atom. The van der Waals surface area contributed by atoms with Gasteiger partial charge in [-0.15, -0.1) is 0 Å². The van der Waals surface area contributed by atoms with Crippen LogP contribution in [0.2, 0.25) is 0 Å². The normalized spacial score (nSPS) is 29.3. The van der Waals surface area contributed by atoms with Gasteiger partial charge in [0.25, 0.3) is 0 Å². The van der Waals surface area contributed by atoms with Crippen molar-refractivity contribution in [3.8, 4) is 0 Å². The Morgan fingerprint density at radius 3 is 2.79 bits per heavy atom. The summed E-state index contributed by atoms with van der Waals surface area (Å²) in [6.07, 6.45) is 2.98. The van der Waals surface area contributed by atoms with Crippen LogP contribution in [0.15, 0.2) is 30.3 Å². The van der Waals surface area contributed by atoms with Crippen molar-refractivity contribution >= 4 is 6.09 Å². The molecule has 0 unspecified atom stereocenters. The van der Waals surface area contributed by atoms with E-state index >= 15 is 0 Å². The van der Waals surface area contributed by atoms with Gasteiger partial charge in [-0.05, 0) is 30.2 Å². The molecule has 0 radical (unpaired) electrons. The largest absolute Gasteiger partial charge is 0.445 e. The van der Waals surface area contributed by atoms with Crippen molar-refractivity contribution in [3.63, 3.8) is 0 Å². The number of hydrogen-bond donors (Lipinski definition) is 1. The molecule has 1 heterocycles. The maximum atomic E-state index is 12.0. The Morgan fingerprint density at radius 1 is 1.37 bits per heavy atom. The number of rotatable bonds is 2. The molecule has 1 aliphatic heterocycles. The molecule has 2 N–H and O–H groups in total. The van der Waals surface area contributed by atoms with Crippen molar-refractivity contribution in [2.24, 2.45) is 11.1 Å². The van der Waals surface area contributed by atoms with Gasteiger partial charge in [0.15, 0.2) is 0 Å². The highest BCUT2D eigenvalue weighted by molar-refractivity contribution is 5.68. The minimum Gasteiger partial charge on any atom is -0.445 e. The number of likely N-dealkylation sites (tertiary alicyclic amines) is 1. The van der Waals surface area contributed by atoms with Gasteiger partial charge in [0.05, 0.1) is 0 Å². The number of amides is 1. The molecule has 1 amide bonds. The third kappa shape index (κ3) is 2.59. The summed E-state index contributed by atoms with van der Waals surface area (Å²) in [6.45, 7) is 1.97. The molecule has 1 spiro atoms. The van der Waals surface area contributed by atoms with Crippen LogP contribution in [0.4, 0.5) is 4.79 Å². The van der Waals surface area contributed by atoms with Crippen LogP contribution in [0.25, 0.3) is 0 Å². The van der Waals surface area contributed by atoms with Crippen LogP contribution in [-0.4, -0.2) is 30.1 Å². The first-order chi connectivity index (χ1) is 9.17. The molecule has 2 fully saturated rings. The number of benzene rings is 1. The van der Waals surface area contributed by atoms with Gasteiger partial charge >= 0.3 is 6.09 Å². The van der Waals surface area contributed by atoms with E-state index in [1.807, 2.05) is 35.2 Å². The summed E-state index contributed by atoms with van der Waals surface area (Å²) in [5.74, 6) is 0. The number of nitrogens with two attached hydrogens (primary N) is 1. The standard InChI is InChI=1S/C15H20N2O2/c16-13-8-15(9-13)6-7-17(11-15)14(18)19-10-12-4-2-1-3-5-12/h1-5,13H,6-11,16H2. The van der Waals surface area contributed by atoms with Gasteiger partial charge in [0.1, 0.15) is 6.61 Å². The van der Waals surface area contributed by atoms with Gasteiger partial charge in [0, 0.05) is 19.1 Å². The number of carbonyl (C=O) groups is 1. The van der Waals surface area contributed by atoms with Gasteiger partial charge in [-0.2, -0.15) is 0 Å². The quantitative estimate of drug-likeness (QED) is 0.886. The predicted molar refractivity (Wildman–Crippen MR) is 72.5 cm³/mol. The van der Waals surface area contributed by atoms with Gasteiger partial charge in [-0.3, -0.25) is 0 Å². The topological polar surface area (TPSA) is 55.6 Å². The zero-order chi connectivity index (χ0) is 13.3. The van der Waals surface area contributed by atoms with Crippen molar-refractivity contribution in [1.82, 2.24) is 4.90 Å². The van der Waals surface area contributed by atoms with Crippen LogP contribution >= 0.6 is 0 Å². The maximum absolute atomic E-state index is 12.0. The van der Waals surface area contributed by atoms with E-state index in [0.29, 0.717) is 18.1 Å². The van der Waals surface area contributed by atoms with E-state index in [-0.39, 0.29) is 6.09 Å². The average Bonchev–Trinajstić information content (AvgIpc) is 2.82. The van der Waals surface area contributed by atoms with Crippen LogP contribution < -0.4 is 5.73 Å². The van der Waals surface area contributed by atoms with Gasteiger partial charge in [-0.25, -0.2) is 4.79 Å². The smallest absolute Gasteiger partial charge is 0.410 e. The number of hydrogen-bond acceptors (Lipinski definition) is 3. The lowest BCUT2D eigenvalue weighted by atomic mass is 9.65. The Kier molecular flexibility index (Phi) is 3.19. The van der Waals surface area contributed by atoms with Crippen LogP contribution in [-0.2, 0) is 11.3 Å². The van der Waals surface area contributed by atoms with Crippen molar-refractivity contribution in [2.75, 3.05) is 13.1 Å². The summed E-state index contributed by atoms with van der Waals surface area (Å²) >= 11 is 0. The van der Waals surface area contributed by atoms with Crippen LogP contribution in [0.5, 0.6) is 0 Å². The summed E-state index contributed by atoms with van der Waals surface area (Å²) < 4.78 is 5.36. The highest BCUT2D eigenvalue weighted by Crippen LogP contribution is 2.47. The Labute approximate surface area is 113 Å². The van der Waals surface area contributed by atoms with E-state index in [1.54, 1.807) is 0 Å². The lowest BCUT2D eigenvalue weighted by Gasteiger charge is -2.43. The first-order valence-corrected chi connectivity index (χ1v) is 6.88. The molecule has 3 rings (SSSR count). The molecule has 1 aliphatic carbocycles. The fraction of sp³-hybridized carbons (Fsp3) is 0.533. The Balaban J connectivity index is 1.49. The van der Waals surface area contributed by atoms with Crippen LogP contribution in [0.3, 0.4) is 0 Å². The molecule has 1 aromatic carbocycles. The molecule has 4 nitrogen and oxygen atoms in total. The fourth-order valence-corrected chi connectivity index (χ4v) is 3.29. The lowest BCUT2D eigenvalue weighted by Crippen LogP contribution is -2.48. The third-order valence-electron chi connectivity index (χ3n) is 4.29. The van der Waals surface area contributed by atoms with E-state index in [9.17, 15) is 4.79 Å². The predicted octanol–water partition coefficient (Wildman–Crippen LogP) is 2.14. The van der Waals surface area contributed by atoms with Crippen LogP contribution in [0.1, 0.15) is 24.8 Å². The molecule has 0 aromatic heterocycles. The summed E-state index contributed by atoms with van der Waals surface area (Å²) in [7, 11) is 0. The number of carbonyl (C=O) groups excluding carboxylic acids is 1. The molecular formula is C15H20N2O2.